The van der Waals surface area contributed by atoms with Crippen LogP contribution in [0, 0.1) is 0 Å². The molecule has 0 aliphatic carbocycles. The standard InChI is InChI=1S/C37H30P/c1-6-16-30(17-7-1)37(31-18-8-2-9-19-31)32-26-28-36(29-27-32)38(33-20-10-3-11-21-33,34-22-12-4-13-23-34)35-24-14-5-15-25-35/h1-29,37H/q+1. The first kappa shape index (κ1) is 24.1. The van der Waals surface area contributed by atoms with E-state index in [1.54, 1.807) is 0 Å². The Morgan fingerprint density at radius 3 is 0.868 bits per heavy atom. The Hall–Kier alpha value is -4.25. The van der Waals surface area contributed by atoms with Crippen molar-refractivity contribution >= 4 is 28.5 Å². The van der Waals surface area contributed by atoms with Crippen molar-refractivity contribution in [2.24, 2.45) is 0 Å². The van der Waals surface area contributed by atoms with Gasteiger partial charge in [-0.15, -0.1) is 0 Å². The molecular weight excluding hydrogens is 475 g/mol. The molecule has 38 heavy (non-hydrogen) atoms. The van der Waals surface area contributed by atoms with Gasteiger partial charge in [0.1, 0.15) is 28.5 Å². The van der Waals surface area contributed by atoms with Crippen LogP contribution in [0.2, 0.25) is 0 Å². The highest BCUT2D eigenvalue weighted by atomic mass is 31.2. The molecule has 0 unspecified atom stereocenters. The molecule has 0 radical (unpaired) electrons. The Kier molecular flexibility index (Phi) is 6.99. The van der Waals surface area contributed by atoms with Crippen molar-refractivity contribution in [3.8, 4) is 0 Å². The monoisotopic (exact) mass is 505 g/mol. The Morgan fingerprint density at radius 2 is 0.526 bits per heavy atom. The average molecular weight is 506 g/mol. The molecule has 6 aromatic rings. The molecule has 0 spiro atoms. The van der Waals surface area contributed by atoms with E-state index in [0.29, 0.717) is 0 Å². The summed E-state index contributed by atoms with van der Waals surface area (Å²) in [6.07, 6.45) is 0. The number of hydrogen-bond acceptors (Lipinski definition) is 0. The summed E-state index contributed by atoms with van der Waals surface area (Å²) in [5.41, 5.74) is 3.92. The molecule has 0 aliphatic heterocycles. The van der Waals surface area contributed by atoms with Gasteiger partial charge in [-0.3, -0.25) is 0 Å². The normalized spacial score (nSPS) is 11.4. The third-order valence-corrected chi connectivity index (χ3v) is 11.6. The summed E-state index contributed by atoms with van der Waals surface area (Å²) in [6, 6.07) is 64.3. The summed E-state index contributed by atoms with van der Waals surface area (Å²) in [7, 11) is -2.10. The summed E-state index contributed by atoms with van der Waals surface area (Å²) in [6.45, 7) is 0. The maximum Gasteiger partial charge on any atom is 0.144 e. The Labute approximate surface area is 226 Å². The molecule has 0 fully saturated rings. The molecule has 182 valence electrons. The molecular formula is C37H30P+. The van der Waals surface area contributed by atoms with Gasteiger partial charge in [0, 0.05) is 5.92 Å². The van der Waals surface area contributed by atoms with E-state index < -0.39 is 7.26 Å². The summed E-state index contributed by atoms with van der Waals surface area (Å²) >= 11 is 0. The van der Waals surface area contributed by atoms with Crippen molar-refractivity contribution in [2.75, 3.05) is 0 Å². The molecule has 0 nitrogen and oxygen atoms in total. The van der Waals surface area contributed by atoms with Crippen LogP contribution in [0.4, 0.5) is 0 Å². The molecule has 0 N–H and O–H groups in total. The second kappa shape index (κ2) is 11.0. The zero-order valence-electron chi connectivity index (χ0n) is 21.3. The molecule has 0 aromatic heterocycles. The predicted molar refractivity (Wildman–Crippen MR) is 165 cm³/mol. The Morgan fingerprint density at radius 1 is 0.263 bits per heavy atom. The van der Waals surface area contributed by atoms with Gasteiger partial charge in [-0.2, -0.15) is 0 Å². The largest absolute Gasteiger partial charge is 0.144 e. The highest BCUT2D eigenvalue weighted by Gasteiger charge is 2.47. The van der Waals surface area contributed by atoms with E-state index >= 15 is 0 Å². The van der Waals surface area contributed by atoms with Crippen molar-refractivity contribution in [3.05, 3.63) is 193 Å². The SMILES string of the molecule is c1ccc(C(c2ccccc2)c2ccc([P+](c3ccccc3)(c3ccccc3)c3ccccc3)cc2)cc1. The van der Waals surface area contributed by atoms with Crippen LogP contribution in [0.15, 0.2) is 176 Å². The summed E-state index contributed by atoms with van der Waals surface area (Å²) in [5, 5.41) is 5.47. The van der Waals surface area contributed by atoms with E-state index in [1.165, 1.54) is 37.9 Å². The molecule has 0 amide bonds. The van der Waals surface area contributed by atoms with Gasteiger partial charge in [-0.05, 0) is 65.2 Å². The van der Waals surface area contributed by atoms with Crippen molar-refractivity contribution in [1.29, 1.82) is 0 Å². The number of rotatable bonds is 7. The van der Waals surface area contributed by atoms with Crippen LogP contribution in [0.1, 0.15) is 22.6 Å². The van der Waals surface area contributed by atoms with Gasteiger partial charge in [0.05, 0.1) is 0 Å². The van der Waals surface area contributed by atoms with Gasteiger partial charge in [-0.1, -0.05) is 127 Å². The molecule has 0 saturated carbocycles. The molecule has 0 heterocycles. The number of hydrogen-bond donors (Lipinski definition) is 0. The molecule has 0 bridgehead atoms. The van der Waals surface area contributed by atoms with Crippen LogP contribution in [0.5, 0.6) is 0 Å². The van der Waals surface area contributed by atoms with E-state index in [1.807, 2.05) is 0 Å². The lowest BCUT2D eigenvalue weighted by Gasteiger charge is -2.28. The molecule has 0 atom stereocenters. The first-order valence-electron chi connectivity index (χ1n) is 13.1. The summed E-state index contributed by atoms with van der Waals surface area (Å²) in [5.74, 6) is 0.185. The minimum Gasteiger partial charge on any atom is -0.0622 e. The molecule has 0 aliphatic rings. The van der Waals surface area contributed by atoms with Crippen LogP contribution in [-0.4, -0.2) is 0 Å². The van der Waals surface area contributed by atoms with Gasteiger partial charge >= 0.3 is 0 Å². The van der Waals surface area contributed by atoms with E-state index in [-0.39, 0.29) is 5.92 Å². The van der Waals surface area contributed by atoms with Gasteiger partial charge in [0.25, 0.3) is 0 Å². The fourth-order valence-corrected chi connectivity index (χ4v) is 9.85. The van der Waals surface area contributed by atoms with Crippen molar-refractivity contribution in [1.82, 2.24) is 0 Å². The van der Waals surface area contributed by atoms with Crippen LogP contribution in [0.25, 0.3) is 0 Å². The minimum absolute atomic E-state index is 0.185. The van der Waals surface area contributed by atoms with Crippen molar-refractivity contribution < 1.29 is 0 Å². The first-order valence-corrected chi connectivity index (χ1v) is 14.9. The van der Waals surface area contributed by atoms with E-state index in [0.717, 1.165) is 0 Å². The third kappa shape index (κ3) is 4.49. The number of benzene rings is 6. The van der Waals surface area contributed by atoms with Crippen molar-refractivity contribution in [3.63, 3.8) is 0 Å². The molecule has 0 saturated heterocycles. The van der Waals surface area contributed by atoms with Crippen LogP contribution in [0.3, 0.4) is 0 Å². The van der Waals surface area contributed by atoms with Gasteiger partial charge < -0.3 is 0 Å². The second-order valence-electron chi connectivity index (χ2n) is 9.52. The van der Waals surface area contributed by atoms with Crippen LogP contribution in [-0.2, 0) is 0 Å². The quantitative estimate of drug-likeness (QED) is 0.156. The zero-order chi connectivity index (χ0) is 25.6. The van der Waals surface area contributed by atoms with Gasteiger partial charge in [0.2, 0.25) is 0 Å². The highest BCUT2D eigenvalue weighted by molar-refractivity contribution is 8.01. The van der Waals surface area contributed by atoms with E-state index in [2.05, 4.69) is 176 Å². The first-order chi connectivity index (χ1) is 18.9. The predicted octanol–water partition coefficient (Wildman–Crippen LogP) is 7.49. The van der Waals surface area contributed by atoms with Gasteiger partial charge in [-0.25, -0.2) is 0 Å². The lowest BCUT2D eigenvalue weighted by atomic mass is 9.85. The summed E-state index contributed by atoms with van der Waals surface area (Å²) in [4.78, 5) is 0. The highest BCUT2D eigenvalue weighted by Crippen LogP contribution is 2.54. The summed E-state index contributed by atoms with van der Waals surface area (Å²) < 4.78 is 0. The van der Waals surface area contributed by atoms with E-state index in [9.17, 15) is 0 Å². The van der Waals surface area contributed by atoms with Crippen molar-refractivity contribution in [2.45, 2.75) is 5.92 Å². The second-order valence-corrected chi connectivity index (χ2v) is 12.9. The van der Waals surface area contributed by atoms with Crippen LogP contribution >= 0.6 is 7.26 Å². The maximum absolute atomic E-state index is 2.38. The Balaban J connectivity index is 1.56. The Bertz CT molecular complexity index is 1430. The van der Waals surface area contributed by atoms with Gasteiger partial charge in [0.15, 0.2) is 0 Å². The maximum atomic E-state index is 2.38. The topological polar surface area (TPSA) is 0 Å². The zero-order valence-corrected chi connectivity index (χ0v) is 22.2. The molecule has 1 heteroatoms. The minimum atomic E-state index is -2.10. The lowest BCUT2D eigenvalue weighted by molar-refractivity contribution is 0.978. The average Bonchev–Trinajstić information content (AvgIpc) is 3.01. The lowest BCUT2D eigenvalue weighted by Crippen LogP contribution is -2.38. The molecule has 6 rings (SSSR count). The smallest absolute Gasteiger partial charge is 0.0622 e. The fraction of sp³-hybridized carbons (Fsp3) is 0.0270. The van der Waals surface area contributed by atoms with E-state index in [4.69, 9.17) is 0 Å². The molecule has 6 aromatic carbocycles. The van der Waals surface area contributed by atoms with Crippen LogP contribution < -0.4 is 21.2 Å². The fourth-order valence-electron chi connectivity index (χ4n) is 5.61. The third-order valence-electron chi connectivity index (χ3n) is 7.31.